The summed E-state index contributed by atoms with van der Waals surface area (Å²) in [4.78, 5) is 46.6. The smallest absolute Gasteiger partial charge is 0.330 e. The second kappa shape index (κ2) is 15.6. The Kier molecular flexibility index (Phi) is 13.4. The predicted molar refractivity (Wildman–Crippen MR) is 115 cm³/mol. The predicted octanol–water partition coefficient (Wildman–Crippen LogP) is 4.51. The largest absolute Gasteiger partial charge is 0.463 e. The minimum atomic E-state index is -0.411. The van der Waals surface area contributed by atoms with Crippen molar-refractivity contribution in [2.45, 2.75) is 77.0 Å². The maximum atomic E-state index is 12.4. The van der Waals surface area contributed by atoms with Crippen LogP contribution in [-0.2, 0) is 28.7 Å². The quantitative estimate of drug-likeness (QED) is 0.207. The van der Waals surface area contributed by atoms with Gasteiger partial charge in [-0.3, -0.25) is 9.59 Å². The van der Waals surface area contributed by atoms with Crippen molar-refractivity contribution in [1.29, 1.82) is 0 Å². The zero-order valence-corrected chi connectivity index (χ0v) is 18.1. The molecular weight excluding hydrogens is 384 g/mol. The van der Waals surface area contributed by atoms with E-state index >= 15 is 0 Å². The molecule has 1 rings (SSSR count). The monoisotopic (exact) mass is 420 g/mol. The summed E-state index contributed by atoms with van der Waals surface area (Å²) in [5, 5.41) is 0. The first-order chi connectivity index (χ1) is 14.5. The number of unbranched alkanes of at least 4 members (excludes halogenated alkanes) is 4. The lowest BCUT2D eigenvalue weighted by Crippen LogP contribution is -2.26. The highest BCUT2D eigenvalue weighted by Crippen LogP contribution is 2.32. The third-order valence-corrected chi connectivity index (χ3v) is 5.59. The van der Waals surface area contributed by atoms with E-state index in [0.717, 1.165) is 76.4 Å². The lowest BCUT2D eigenvalue weighted by Gasteiger charge is -2.27. The number of ketones is 2. The Morgan fingerprint density at radius 1 is 0.633 bits per heavy atom. The molecule has 1 aliphatic carbocycles. The molecule has 0 aliphatic heterocycles. The number of rotatable bonds is 16. The molecule has 168 valence electrons. The lowest BCUT2D eigenvalue weighted by atomic mass is 9.77. The molecule has 0 saturated heterocycles. The van der Waals surface area contributed by atoms with Crippen LogP contribution in [0.3, 0.4) is 0 Å². The van der Waals surface area contributed by atoms with E-state index in [1.54, 1.807) is 0 Å². The summed E-state index contributed by atoms with van der Waals surface area (Å²) in [6.07, 6.45) is 11.5. The minimum Gasteiger partial charge on any atom is -0.463 e. The fourth-order valence-corrected chi connectivity index (χ4v) is 3.77. The maximum absolute atomic E-state index is 12.4. The summed E-state index contributed by atoms with van der Waals surface area (Å²) >= 11 is 0. The van der Waals surface area contributed by atoms with Gasteiger partial charge in [0.1, 0.15) is 11.6 Å². The van der Waals surface area contributed by atoms with Gasteiger partial charge in [-0.1, -0.05) is 13.2 Å². The highest BCUT2D eigenvalue weighted by atomic mass is 16.5. The van der Waals surface area contributed by atoms with E-state index in [9.17, 15) is 19.2 Å². The fraction of sp³-hybridized carbons (Fsp3) is 0.667. The van der Waals surface area contributed by atoms with E-state index in [0.29, 0.717) is 37.6 Å². The lowest BCUT2D eigenvalue weighted by molar-refractivity contribution is -0.138. The van der Waals surface area contributed by atoms with Crippen molar-refractivity contribution < 1.29 is 28.7 Å². The number of esters is 2. The molecule has 0 aromatic heterocycles. The van der Waals surface area contributed by atoms with Crippen molar-refractivity contribution in [3.05, 3.63) is 25.3 Å². The van der Waals surface area contributed by atoms with Crippen LogP contribution in [0.4, 0.5) is 0 Å². The van der Waals surface area contributed by atoms with E-state index in [1.807, 2.05) is 0 Å². The summed E-state index contributed by atoms with van der Waals surface area (Å²) in [5.74, 6) is -0.0340. The molecule has 6 heteroatoms. The third-order valence-electron chi connectivity index (χ3n) is 5.59. The van der Waals surface area contributed by atoms with Crippen molar-refractivity contribution in [3.8, 4) is 0 Å². The second-order valence-electron chi connectivity index (χ2n) is 7.85. The summed E-state index contributed by atoms with van der Waals surface area (Å²) in [6.45, 7) is 7.42. The Labute approximate surface area is 180 Å². The molecule has 0 spiro atoms. The van der Waals surface area contributed by atoms with Gasteiger partial charge in [0, 0.05) is 36.8 Å². The highest BCUT2D eigenvalue weighted by Gasteiger charge is 2.28. The van der Waals surface area contributed by atoms with Crippen LogP contribution in [0, 0.1) is 11.8 Å². The van der Waals surface area contributed by atoms with Gasteiger partial charge in [-0.25, -0.2) is 9.59 Å². The molecule has 0 radical (unpaired) electrons. The van der Waals surface area contributed by atoms with Crippen LogP contribution in [0.5, 0.6) is 0 Å². The van der Waals surface area contributed by atoms with Gasteiger partial charge >= 0.3 is 11.9 Å². The third kappa shape index (κ3) is 11.1. The Bertz CT molecular complexity index is 535. The molecule has 0 N–H and O–H groups in total. The molecule has 0 amide bonds. The van der Waals surface area contributed by atoms with Crippen LogP contribution >= 0.6 is 0 Å². The first-order valence-electron chi connectivity index (χ1n) is 11.1. The van der Waals surface area contributed by atoms with Crippen LogP contribution in [0.2, 0.25) is 0 Å². The van der Waals surface area contributed by atoms with Crippen molar-refractivity contribution in [3.63, 3.8) is 0 Å². The van der Waals surface area contributed by atoms with Gasteiger partial charge in [-0.05, 0) is 64.2 Å². The molecule has 0 bridgehead atoms. The minimum absolute atomic E-state index is 0.0900. The van der Waals surface area contributed by atoms with Gasteiger partial charge in [-0.15, -0.1) is 0 Å². The molecule has 1 fully saturated rings. The van der Waals surface area contributed by atoms with Gasteiger partial charge in [-0.2, -0.15) is 0 Å². The second-order valence-corrected chi connectivity index (χ2v) is 7.85. The van der Waals surface area contributed by atoms with Crippen LogP contribution in [0.15, 0.2) is 25.3 Å². The zero-order chi connectivity index (χ0) is 22.2. The van der Waals surface area contributed by atoms with Gasteiger partial charge in [0.05, 0.1) is 13.2 Å². The average Bonchev–Trinajstić information content (AvgIpc) is 2.77. The fourth-order valence-electron chi connectivity index (χ4n) is 3.77. The van der Waals surface area contributed by atoms with Crippen LogP contribution < -0.4 is 0 Å². The van der Waals surface area contributed by atoms with Gasteiger partial charge in [0.25, 0.3) is 0 Å². The van der Waals surface area contributed by atoms with Crippen molar-refractivity contribution >= 4 is 23.5 Å². The topological polar surface area (TPSA) is 86.7 Å². The molecule has 0 unspecified atom stereocenters. The van der Waals surface area contributed by atoms with Crippen molar-refractivity contribution in [2.24, 2.45) is 11.8 Å². The molecule has 1 aliphatic rings. The SMILES string of the molecule is C=CC(=O)OCCCCCC(=O)C1CCC(C(=O)CCCCCOC(=O)C=C)CC1. The molecule has 30 heavy (non-hydrogen) atoms. The van der Waals surface area contributed by atoms with E-state index in [1.165, 1.54) is 0 Å². The van der Waals surface area contributed by atoms with Crippen molar-refractivity contribution in [1.82, 2.24) is 0 Å². The molecular formula is C24H36O6. The molecule has 0 heterocycles. The summed E-state index contributed by atoms with van der Waals surface area (Å²) in [7, 11) is 0. The summed E-state index contributed by atoms with van der Waals surface area (Å²) in [5.41, 5.74) is 0. The van der Waals surface area contributed by atoms with Crippen molar-refractivity contribution in [2.75, 3.05) is 13.2 Å². The molecule has 0 aromatic rings. The first-order valence-corrected chi connectivity index (χ1v) is 11.1. The Morgan fingerprint density at radius 3 is 1.33 bits per heavy atom. The molecule has 0 aromatic carbocycles. The molecule has 6 nitrogen and oxygen atoms in total. The summed E-state index contributed by atoms with van der Waals surface area (Å²) in [6, 6.07) is 0. The average molecular weight is 421 g/mol. The number of ether oxygens (including phenoxy) is 2. The highest BCUT2D eigenvalue weighted by molar-refractivity contribution is 5.83. The van der Waals surface area contributed by atoms with Gasteiger partial charge in [0.2, 0.25) is 0 Å². The maximum Gasteiger partial charge on any atom is 0.330 e. The number of carbonyl (C=O) groups is 4. The molecule has 0 atom stereocenters. The van der Waals surface area contributed by atoms with E-state index in [2.05, 4.69) is 13.2 Å². The van der Waals surface area contributed by atoms with E-state index in [4.69, 9.17) is 9.47 Å². The van der Waals surface area contributed by atoms with Gasteiger partial charge in [0.15, 0.2) is 0 Å². The number of carbonyl (C=O) groups excluding carboxylic acids is 4. The van der Waals surface area contributed by atoms with E-state index < -0.39 is 11.9 Å². The number of hydrogen-bond acceptors (Lipinski definition) is 6. The Morgan fingerprint density at radius 2 is 1.00 bits per heavy atom. The van der Waals surface area contributed by atoms with Crippen LogP contribution in [0.25, 0.3) is 0 Å². The normalized spacial score (nSPS) is 18.3. The van der Waals surface area contributed by atoms with Gasteiger partial charge < -0.3 is 9.47 Å². The Balaban J connectivity index is 2.08. The molecule has 1 saturated carbocycles. The number of Topliss-reactive ketones (excluding diaryl/α,β-unsaturated/α-hetero) is 2. The first kappa shape index (κ1) is 25.8. The summed E-state index contributed by atoms with van der Waals surface area (Å²) < 4.78 is 9.83. The Hall–Kier alpha value is -2.24. The zero-order valence-electron chi connectivity index (χ0n) is 18.1. The van der Waals surface area contributed by atoms with Crippen LogP contribution in [-0.4, -0.2) is 36.7 Å². The van der Waals surface area contributed by atoms with E-state index in [-0.39, 0.29) is 11.8 Å². The standard InChI is InChI=1S/C24H36O6/c1-3-23(27)29-17-9-5-7-11-21(25)19-13-15-20(16-14-19)22(26)12-8-6-10-18-30-24(28)4-2/h3-4,19-20H,1-2,5-18H2. The van der Waals surface area contributed by atoms with Crippen LogP contribution in [0.1, 0.15) is 77.0 Å². The number of hydrogen-bond donors (Lipinski definition) is 0.